The summed E-state index contributed by atoms with van der Waals surface area (Å²) in [4.78, 5) is 12.2. The molecule has 0 amide bonds. The van der Waals surface area contributed by atoms with Gasteiger partial charge in [0, 0.05) is 11.1 Å². The van der Waals surface area contributed by atoms with Crippen LogP contribution in [0.25, 0.3) is 5.57 Å². The first-order valence-corrected chi connectivity index (χ1v) is 8.51. The van der Waals surface area contributed by atoms with Gasteiger partial charge in [0.05, 0.1) is 12.7 Å². The van der Waals surface area contributed by atoms with E-state index in [2.05, 4.69) is 33.4 Å². The van der Waals surface area contributed by atoms with Crippen LogP contribution in [0.4, 0.5) is 0 Å². The highest BCUT2D eigenvalue weighted by atomic mass is 16.5. The van der Waals surface area contributed by atoms with Gasteiger partial charge in [-0.1, -0.05) is 69.3 Å². The molecule has 2 heteroatoms. The van der Waals surface area contributed by atoms with Crippen LogP contribution in [0.5, 0.6) is 0 Å². The second-order valence-electron chi connectivity index (χ2n) is 7.42. The zero-order valence-electron chi connectivity index (χ0n) is 15.7. The molecule has 0 unspecified atom stereocenters. The summed E-state index contributed by atoms with van der Waals surface area (Å²) in [6, 6.07) is 17.6. The quantitative estimate of drug-likeness (QED) is 0.515. The van der Waals surface area contributed by atoms with E-state index in [1.807, 2.05) is 48.5 Å². The number of carbonyl (C=O) groups is 1. The molecule has 130 valence electrons. The molecule has 0 aliphatic carbocycles. The van der Waals surface area contributed by atoms with Crippen LogP contribution >= 0.6 is 0 Å². The number of methoxy groups -OCH3 is 1. The van der Waals surface area contributed by atoms with Crippen molar-refractivity contribution in [2.45, 2.75) is 34.1 Å². The molecule has 25 heavy (non-hydrogen) atoms. The maximum atomic E-state index is 12.2. The van der Waals surface area contributed by atoms with Gasteiger partial charge in [0.15, 0.2) is 0 Å². The van der Waals surface area contributed by atoms with Crippen molar-refractivity contribution in [2.24, 2.45) is 5.41 Å². The van der Waals surface area contributed by atoms with Crippen molar-refractivity contribution in [3.05, 3.63) is 82.6 Å². The summed E-state index contributed by atoms with van der Waals surface area (Å²) in [7, 11) is 1.41. The number of carbonyl (C=O) groups excluding carboxylic acids is 1. The first kappa shape index (κ1) is 18.8. The number of ether oxygens (including phenoxy) is 1. The molecule has 0 heterocycles. The van der Waals surface area contributed by atoms with Crippen molar-refractivity contribution >= 4 is 11.5 Å². The molecular formula is C23H26O2. The SMILES string of the molecule is COC(=O)c1ccccc1C(=C=C(C)CC(C)(C)C)c1ccccc1. The van der Waals surface area contributed by atoms with Crippen LogP contribution in [-0.2, 0) is 4.74 Å². The van der Waals surface area contributed by atoms with Crippen molar-refractivity contribution in [1.82, 2.24) is 0 Å². The van der Waals surface area contributed by atoms with E-state index in [-0.39, 0.29) is 11.4 Å². The van der Waals surface area contributed by atoms with Gasteiger partial charge in [0.2, 0.25) is 0 Å². The van der Waals surface area contributed by atoms with Crippen LogP contribution in [-0.4, -0.2) is 13.1 Å². The van der Waals surface area contributed by atoms with E-state index in [0.717, 1.165) is 28.7 Å². The Kier molecular flexibility index (Phi) is 6.01. The largest absolute Gasteiger partial charge is 0.465 e. The molecule has 0 bridgehead atoms. The van der Waals surface area contributed by atoms with E-state index < -0.39 is 0 Å². The Bertz CT molecular complexity index is 801. The molecule has 2 rings (SSSR count). The molecule has 2 aromatic carbocycles. The van der Waals surface area contributed by atoms with Gasteiger partial charge in [-0.2, -0.15) is 0 Å². The van der Waals surface area contributed by atoms with Crippen molar-refractivity contribution in [1.29, 1.82) is 0 Å². The monoisotopic (exact) mass is 334 g/mol. The second kappa shape index (κ2) is 8.00. The minimum atomic E-state index is -0.334. The van der Waals surface area contributed by atoms with E-state index in [1.165, 1.54) is 7.11 Å². The molecule has 0 aromatic heterocycles. The molecule has 2 nitrogen and oxygen atoms in total. The minimum absolute atomic E-state index is 0.181. The van der Waals surface area contributed by atoms with Crippen molar-refractivity contribution in [2.75, 3.05) is 7.11 Å². The summed E-state index contributed by atoms with van der Waals surface area (Å²) in [6.07, 6.45) is 0.934. The van der Waals surface area contributed by atoms with Gasteiger partial charge in [-0.3, -0.25) is 0 Å². The molecule has 0 fully saturated rings. The molecule has 0 N–H and O–H groups in total. The number of esters is 1. The molecule has 2 aromatic rings. The summed E-state index contributed by atoms with van der Waals surface area (Å²) >= 11 is 0. The van der Waals surface area contributed by atoms with E-state index >= 15 is 0 Å². The standard InChI is InChI=1S/C23H26O2/c1-17(16-23(2,3)4)15-21(18-11-7-6-8-12-18)19-13-9-10-14-20(19)22(24)25-5/h6-14H,16H2,1-5H3. The normalized spacial score (nSPS) is 10.8. The molecule has 0 radical (unpaired) electrons. The smallest absolute Gasteiger partial charge is 0.338 e. The van der Waals surface area contributed by atoms with E-state index in [9.17, 15) is 4.79 Å². The molecule has 0 atom stereocenters. The zero-order valence-corrected chi connectivity index (χ0v) is 15.7. The Balaban J connectivity index is 2.71. The summed E-state index contributed by atoms with van der Waals surface area (Å²) < 4.78 is 4.96. The van der Waals surface area contributed by atoms with Crippen LogP contribution < -0.4 is 0 Å². The van der Waals surface area contributed by atoms with Crippen LogP contribution in [0.1, 0.15) is 55.6 Å². The van der Waals surface area contributed by atoms with Gasteiger partial charge in [-0.05, 0) is 36.0 Å². The summed E-state index contributed by atoms with van der Waals surface area (Å²) in [5.74, 6) is -0.334. The molecule has 0 saturated heterocycles. The number of benzene rings is 2. The van der Waals surface area contributed by atoms with Gasteiger partial charge in [-0.15, -0.1) is 5.73 Å². The lowest BCUT2D eigenvalue weighted by Crippen LogP contribution is -2.06. The number of rotatable bonds is 4. The van der Waals surface area contributed by atoms with Gasteiger partial charge >= 0.3 is 5.97 Å². The third-order valence-electron chi connectivity index (χ3n) is 3.80. The first-order valence-electron chi connectivity index (χ1n) is 8.51. The Morgan fingerprint density at radius 1 is 0.960 bits per heavy atom. The fourth-order valence-electron chi connectivity index (χ4n) is 2.94. The molecular weight excluding hydrogens is 308 g/mol. The van der Waals surface area contributed by atoms with Crippen molar-refractivity contribution in [3.63, 3.8) is 0 Å². The Morgan fingerprint density at radius 3 is 2.08 bits per heavy atom. The highest BCUT2D eigenvalue weighted by Crippen LogP contribution is 2.29. The Hall–Kier alpha value is -2.57. The topological polar surface area (TPSA) is 26.3 Å². The average molecular weight is 334 g/mol. The van der Waals surface area contributed by atoms with Gasteiger partial charge < -0.3 is 4.74 Å². The Labute approximate surface area is 150 Å². The third-order valence-corrected chi connectivity index (χ3v) is 3.80. The second-order valence-corrected chi connectivity index (χ2v) is 7.42. The average Bonchev–Trinajstić information content (AvgIpc) is 2.58. The summed E-state index contributed by atoms with van der Waals surface area (Å²) in [5, 5.41) is 0. The first-order chi connectivity index (χ1) is 11.8. The van der Waals surface area contributed by atoms with Crippen LogP contribution in [0.2, 0.25) is 0 Å². The van der Waals surface area contributed by atoms with E-state index in [1.54, 1.807) is 6.07 Å². The molecule has 0 spiro atoms. The number of hydrogen-bond donors (Lipinski definition) is 0. The van der Waals surface area contributed by atoms with E-state index in [0.29, 0.717) is 5.56 Å². The molecule has 0 saturated carbocycles. The van der Waals surface area contributed by atoms with Crippen LogP contribution in [0.3, 0.4) is 0 Å². The predicted octanol–water partition coefficient (Wildman–Crippen LogP) is 5.89. The minimum Gasteiger partial charge on any atom is -0.465 e. The van der Waals surface area contributed by atoms with Crippen LogP contribution in [0.15, 0.2) is 65.9 Å². The maximum Gasteiger partial charge on any atom is 0.338 e. The number of allylic oxidation sites excluding steroid dienone is 1. The van der Waals surface area contributed by atoms with Crippen LogP contribution in [0, 0.1) is 5.41 Å². The van der Waals surface area contributed by atoms with Crippen molar-refractivity contribution < 1.29 is 9.53 Å². The maximum absolute atomic E-state index is 12.2. The Morgan fingerprint density at radius 2 is 1.52 bits per heavy atom. The fraction of sp³-hybridized carbons (Fsp3) is 0.304. The third kappa shape index (κ3) is 5.20. The highest BCUT2D eigenvalue weighted by Gasteiger charge is 2.16. The molecule has 0 aliphatic rings. The van der Waals surface area contributed by atoms with Gasteiger partial charge in [-0.25, -0.2) is 4.79 Å². The highest BCUT2D eigenvalue weighted by molar-refractivity contribution is 5.97. The van der Waals surface area contributed by atoms with Gasteiger partial charge in [0.25, 0.3) is 0 Å². The lowest BCUT2D eigenvalue weighted by atomic mass is 9.87. The fourth-order valence-corrected chi connectivity index (χ4v) is 2.94. The van der Waals surface area contributed by atoms with Crippen molar-refractivity contribution in [3.8, 4) is 0 Å². The zero-order chi connectivity index (χ0) is 18.4. The lowest BCUT2D eigenvalue weighted by Gasteiger charge is -2.17. The van der Waals surface area contributed by atoms with E-state index in [4.69, 9.17) is 4.74 Å². The summed E-state index contributed by atoms with van der Waals surface area (Å²) in [6.45, 7) is 8.73. The summed E-state index contributed by atoms with van der Waals surface area (Å²) in [5.41, 5.74) is 8.24. The van der Waals surface area contributed by atoms with Gasteiger partial charge in [0.1, 0.15) is 0 Å². The molecule has 0 aliphatic heterocycles. The number of hydrogen-bond acceptors (Lipinski definition) is 2. The predicted molar refractivity (Wildman–Crippen MR) is 104 cm³/mol. The lowest BCUT2D eigenvalue weighted by molar-refractivity contribution is 0.0600.